The quantitative estimate of drug-likeness (QED) is 0.885. The Hall–Kier alpha value is -1.03. The molecule has 82 valence electrons. The lowest BCUT2D eigenvalue weighted by molar-refractivity contribution is -0.137. The summed E-state index contributed by atoms with van der Waals surface area (Å²) in [7, 11) is 0. The molecule has 1 unspecified atom stereocenters. The van der Waals surface area contributed by atoms with E-state index in [4.69, 9.17) is 5.11 Å². The number of carboxylic acids is 1. The molecule has 15 heavy (non-hydrogen) atoms. The molecular formula is C11H14BrNO2. The van der Waals surface area contributed by atoms with Gasteiger partial charge in [0.15, 0.2) is 0 Å². The summed E-state index contributed by atoms with van der Waals surface area (Å²) >= 11 is 3.40. The Balaban J connectivity index is 2.80. The maximum Gasteiger partial charge on any atom is 0.326 e. The highest BCUT2D eigenvalue weighted by Gasteiger charge is 2.14. The smallest absolute Gasteiger partial charge is 0.326 e. The van der Waals surface area contributed by atoms with Crippen molar-refractivity contribution in [2.45, 2.75) is 26.3 Å². The molecule has 0 aliphatic carbocycles. The van der Waals surface area contributed by atoms with E-state index in [1.165, 1.54) is 0 Å². The van der Waals surface area contributed by atoms with Gasteiger partial charge in [-0.25, -0.2) is 4.79 Å². The number of anilines is 1. The zero-order valence-corrected chi connectivity index (χ0v) is 10.3. The van der Waals surface area contributed by atoms with E-state index < -0.39 is 12.0 Å². The largest absolute Gasteiger partial charge is 0.480 e. The van der Waals surface area contributed by atoms with Gasteiger partial charge in [-0.3, -0.25) is 0 Å². The Labute approximate surface area is 97.6 Å². The van der Waals surface area contributed by atoms with Gasteiger partial charge >= 0.3 is 5.97 Å². The molecule has 0 heterocycles. The van der Waals surface area contributed by atoms with Crippen molar-refractivity contribution in [1.82, 2.24) is 0 Å². The Morgan fingerprint density at radius 3 is 2.73 bits per heavy atom. The summed E-state index contributed by atoms with van der Waals surface area (Å²) in [6.07, 6.45) is 0.560. The predicted molar refractivity (Wildman–Crippen MR) is 64.2 cm³/mol. The zero-order valence-electron chi connectivity index (χ0n) is 8.75. The first-order valence-corrected chi connectivity index (χ1v) is 5.59. The standard InChI is InChI=1S/C11H14BrNO2/c1-3-10(11(14)15)13-8-4-5-9(12)7(2)6-8/h4-6,10,13H,3H2,1-2H3,(H,14,15). The molecule has 0 spiro atoms. The lowest BCUT2D eigenvalue weighted by atomic mass is 10.2. The van der Waals surface area contributed by atoms with E-state index in [-0.39, 0.29) is 0 Å². The zero-order chi connectivity index (χ0) is 11.4. The molecule has 3 nitrogen and oxygen atoms in total. The number of benzene rings is 1. The lowest BCUT2D eigenvalue weighted by Gasteiger charge is -2.14. The molecule has 0 aliphatic heterocycles. The third-order valence-corrected chi connectivity index (χ3v) is 3.09. The van der Waals surface area contributed by atoms with Gasteiger partial charge in [-0.2, -0.15) is 0 Å². The number of aryl methyl sites for hydroxylation is 1. The molecule has 0 amide bonds. The minimum atomic E-state index is -0.821. The van der Waals surface area contributed by atoms with Gasteiger partial charge in [0.1, 0.15) is 6.04 Å². The number of hydrogen-bond donors (Lipinski definition) is 2. The highest BCUT2D eigenvalue weighted by atomic mass is 79.9. The molecular weight excluding hydrogens is 258 g/mol. The van der Waals surface area contributed by atoms with Crippen LogP contribution in [0.15, 0.2) is 22.7 Å². The van der Waals surface area contributed by atoms with Gasteiger partial charge in [0, 0.05) is 10.2 Å². The van der Waals surface area contributed by atoms with Gasteiger partial charge in [-0.05, 0) is 37.1 Å². The highest BCUT2D eigenvalue weighted by molar-refractivity contribution is 9.10. The first-order chi connectivity index (χ1) is 7.04. The second-order valence-electron chi connectivity index (χ2n) is 3.41. The van der Waals surface area contributed by atoms with Crippen molar-refractivity contribution < 1.29 is 9.90 Å². The Morgan fingerprint density at radius 1 is 1.60 bits per heavy atom. The van der Waals surface area contributed by atoms with Crippen molar-refractivity contribution in [3.05, 3.63) is 28.2 Å². The van der Waals surface area contributed by atoms with Crippen LogP contribution in [-0.2, 0) is 4.79 Å². The van der Waals surface area contributed by atoms with Gasteiger partial charge in [0.2, 0.25) is 0 Å². The van der Waals surface area contributed by atoms with E-state index in [1.807, 2.05) is 32.0 Å². The third kappa shape index (κ3) is 3.23. The maximum atomic E-state index is 10.8. The molecule has 2 N–H and O–H groups in total. The van der Waals surface area contributed by atoms with Crippen LogP contribution in [0.2, 0.25) is 0 Å². The summed E-state index contributed by atoms with van der Waals surface area (Å²) in [5.74, 6) is -0.821. The molecule has 1 aromatic carbocycles. The molecule has 0 aliphatic rings. The summed E-state index contributed by atoms with van der Waals surface area (Å²) in [6.45, 7) is 3.81. The number of halogens is 1. The van der Waals surface area contributed by atoms with Crippen molar-refractivity contribution in [3.63, 3.8) is 0 Å². The topological polar surface area (TPSA) is 49.3 Å². The van der Waals surface area contributed by atoms with Gasteiger partial charge in [-0.1, -0.05) is 22.9 Å². The third-order valence-electron chi connectivity index (χ3n) is 2.21. The summed E-state index contributed by atoms with van der Waals surface area (Å²) in [5.41, 5.74) is 1.92. The SMILES string of the molecule is CCC(Nc1ccc(Br)c(C)c1)C(=O)O. The van der Waals surface area contributed by atoms with Crippen molar-refractivity contribution >= 4 is 27.6 Å². The van der Waals surface area contributed by atoms with Crippen molar-refractivity contribution in [3.8, 4) is 0 Å². The predicted octanol–water partition coefficient (Wildman–Crippen LogP) is 3.03. The number of carboxylic acid groups (broad SMARTS) is 1. The van der Waals surface area contributed by atoms with E-state index in [0.29, 0.717) is 6.42 Å². The maximum absolute atomic E-state index is 10.8. The lowest BCUT2D eigenvalue weighted by Crippen LogP contribution is -2.28. The number of aliphatic carboxylic acids is 1. The van der Waals surface area contributed by atoms with E-state index >= 15 is 0 Å². The normalized spacial score (nSPS) is 12.2. The van der Waals surface area contributed by atoms with Gasteiger partial charge in [0.05, 0.1) is 0 Å². The molecule has 0 fully saturated rings. The number of nitrogens with one attached hydrogen (secondary N) is 1. The Kier molecular flexibility index (Phi) is 4.15. The van der Waals surface area contributed by atoms with Gasteiger partial charge < -0.3 is 10.4 Å². The molecule has 0 saturated heterocycles. The fourth-order valence-electron chi connectivity index (χ4n) is 1.27. The van der Waals surface area contributed by atoms with Crippen LogP contribution in [0.4, 0.5) is 5.69 Å². The molecule has 4 heteroatoms. The van der Waals surface area contributed by atoms with Crippen LogP contribution in [0.3, 0.4) is 0 Å². The van der Waals surface area contributed by atoms with Crippen molar-refractivity contribution in [1.29, 1.82) is 0 Å². The minimum Gasteiger partial charge on any atom is -0.480 e. The van der Waals surface area contributed by atoms with Crippen LogP contribution in [-0.4, -0.2) is 17.1 Å². The molecule has 0 aromatic heterocycles. The van der Waals surface area contributed by atoms with Crippen LogP contribution in [0.5, 0.6) is 0 Å². The summed E-state index contributed by atoms with van der Waals surface area (Å²) in [5, 5.41) is 11.9. The summed E-state index contributed by atoms with van der Waals surface area (Å²) < 4.78 is 1.02. The molecule has 0 bridgehead atoms. The van der Waals surface area contributed by atoms with Crippen LogP contribution in [0.1, 0.15) is 18.9 Å². The fourth-order valence-corrected chi connectivity index (χ4v) is 1.52. The molecule has 1 aromatic rings. The van der Waals surface area contributed by atoms with E-state index in [1.54, 1.807) is 0 Å². The second kappa shape index (κ2) is 5.16. The van der Waals surface area contributed by atoms with Crippen LogP contribution < -0.4 is 5.32 Å². The van der Waals surface area contributed by atoms with Gasteiger partial charge in [0.25, 0.3) is 0 Å². The average molecular weight is 272 g/mol. The molecule has 0 radical (unpaired) electrons. The molecule has 0 saturated carbocycles. The average Bonchev–Trinajstić information content (AvgIpc) is 2.19. The van der Waals surface area contributed by atoms with Crippen LogP contribution >= 0.6 is 15.9 Å². The van der Waals surface area contributed by atoms with E-state index in [9.17, 15) is 4.79 Å². The number of rotatable bonds is 4. The molecule has 1 atom stereocenters. The Bertz CT molecular complexity index is 366. The monoisotopic (exact) mass is 271 g/mol. The molecule has 1 rings (SSSR count). The van der Waals surface area contributed by atoms with Gasteiger partial charge in [-0.15, -0.1) is 0 Å². The number of hydrogen-bond acceptors (Lipinski definition) is 2. The summed E-state index contributed by atoms with van der Waals surface area (Å²) in [4.78, 5) is 10.8. The second-order valence-corrected chi connectivity index (χ2v) is 4.26. The minimum absolute atomic E-state index is 0.523. The summed E-state index contributed by atoms with van der Waals surface area (Å²) in [6, 6.07) is 5.18. The highest BCUT2D eigenvalue weighted by Crippen LogP contribution is 2.20. The fraction of sp³-hybridized carbons (Fsp3) is 0.364. The van der Waals surface area contributed by atoms with Crippen LogP contribution in [0, 0.1) is 6.92 Å². The van der Waals surface area contributed by atoms with Crippen molar-refractivity contribution in [2.24, 2.45) is 0 Å². The van der Waals surface area contributed by atoms with Crippen LogP contribution in [0.25, 0.3) is 0 Å². The first kappa shape index (κ1) is 12.0. The number of carbonyl (C=O) groups is 1. The first-order valence-electron chi connectivity index (χ1n) is 4.80. The van der Waals surface area contributed by atoms with E-state index in [2.05, 4.69) is 21.2 Å². The van der Waals surface area contributed by atoms with E-state index in [0.717, 1.165) is 15.7 Å². The van der Waals surface area contributed by atoms with Crippen molar-refractivity contribution in [2.75, 3.05) is 5.32 Å². The Morgan fingerprint density at radius 2 is 2.27 bits per heavy atom.